The molecule has 0 saturated heterocycles. The summed E-state index contributed by atoms with van der Waals surface area (Å²) in [5.41, 5.74) is 2.23. The number of hydrogen-bond donors (Lipinski definition) is 0. The van der Waals surface area contributed by atoms with Gasteiger partial charge < -0.3 is 0 Å². The van der Waals surface area contributed by atoms with Gasteiger partial charge in [0, 0.05) is 6.20 Å². The summed E-state index contributed by atoms with van der Waals surface area (Å²) in [5.74, 6) is 0. The molecule has 0 N–H and O–H groups in total. The van der Waals surface area contributed by atoms with Crippen LogP contribution in [0.15, 0.2) is 30.7 Å². The van der Waals surface area contributed by atoms with E-state index in [0.29, 0.717) is 5.69 Å². The summed E-state index contributed by atoms with van der Waals surface area (Å²) in [5, 5.41) is 4.10. The van der Waals surface area contributed by atoms with Crippen LogP contribution in [0.1, 0.15) is 16.1 Å². The molecule has 2 heterocycles. The van der Waals surface area contributed by atoms with Crippen molar-refractivity contribution in [3.8, 4) is 5.69 Å². The third-order valence-corrected chi connectivity index (χ3v) is 2.00. The molecule has 0 spiro atoms. The van der Waals surface area contributed by atoms with E-state index in [9.17, 15) is 4.79 Å². The Morgan fingerprint density at radius 3 is 2.93 bits per heavy atom. The lowest BCUT2D eigenvalue weighted by atomic mass is 10.3. The summed E-state index contributed by atoms with van der Waals surface area (Å²) in [7, 11) is 0. The van der Waals surface area contributed by atoms with Crippen LogP contribution in [0.4, 0.5) is 0 Å². The first-order valence-corrected chi connectivity index (χ1v) is 4.23. The molecular weight excluding hydrogens is 178 g/mol. The Labute approximate surface area is 81.2 Å². The molecule has 2 aromatic rings. The zero-order valence-electron chi connectivity index (χ0n) is 7.71. The average Bonchev–Trinajstić information content (AvgIpc) is 2.61. The Bertz CT molecular complexity index is 448. The van der Waals surface area contributed by atoms with Gasteiger partial charge in [-0.2, -0.15) is 5.10 Å². The van der Waals surface area contributed by atoms with Gasteiger partial charge in [-0.25, -0.2) is 4.68 Å². The number of aldehydes is 1. The fourth-order valence-electron chi connectivity index (χ4n) is 1.27. The quantitative estimate of drug-likeness (QED) is 0.667. The van der Waals surface area contributed by atoms with Crippen molar-refractivity contribution in [2.24, 2.45) is 0 Å². The van der Waals surface area contributed by atoms with Gasteiger partial charge >= 0.3 is 0 Å². The second-order valence-electron chi connectivity index (χ2n) is 2.95. The van der Waals surface area contributed by atoms with Gasteiger partial charge in [-0.1, -0.05) is 0 Å². The van der Waals surface area contributed by atoms with Crippen molar-refractivity contribution < 1.29 is 4.79 Å². The molecule has 0 aliphatic heterocycles. The molecule has 0 saturated carbocycles. The molecule has 4 nitrogen and oxygen atoms in total. The monoisotopic (exact) mass is 187 g/mol. The molecule has 0 radical (unpaired) electrons. The third-order valence-electron chi connectivity index (χ3n) is 2.00. The molecule has 0 aromatic carbocycles. The van der Waals surface area contributed by atoms with Crippen LogP contribution in [0.2, 0.25) is 0 Å². The van der Waals surface area contributed by atoms with Crippen LogP contribution < -0.4 is 0 Å². The first-order chi connectivity index (χ1) is 6.83. The van der Waals surface area contributed by atoms with E-state index in [0.717, 1.165) is 17.5 Å². The number of aryl methyl sites for hydroxylation is 1. The van der Waals surface area contributed by atoms with Crippen LogP contribution in [-0.4, -0.2) is 21.1 Å². The van der Waals surface area contributed by atoms with E-state index in [2.05, 4.69) is 10.1 Å². The molecular formula is C10H9N3O. The van der Waals surface area contributed by atoms with Crippen molar-refractivity contribution in [2.45, 2.75) is 6.92 Å². The van der Waals surface area contributed by atoms with E-state index in [1.165, 1.54) is 0 Å². The number of pyridine rings is 1. The van der Waals surface area contributed by atoms with E-state index < -0.39 is 0 Å². The van der Waals surface area contributed by atoms with Crippen LogP contribution in [0, 0.1) is 6.92 Å². The molecule has 70 valence electrons. The van der Waals surface area contributed by atoms with Crippen molar-refractivity contribution in [2.75, 3.05) is 0 Å². The Morgan fingerprint density at radius 1 is 1.43 bits per heavy atom. The predicted molar refractivity (Wildman–Crippen MR) is 51.5 cm³/mol. The number of rotatable bonds is 2. The number of aromatic nitrogens is 3. The lowest BCUT2D eigenvalue weighted by Gasteiger charge is -2.01. The molecule has 2 aromatic heterocycles. The van der Waals surface area contributed by atoms with Crippen LogP contribution in [-0.2, 0) is 0 Å². The van der Waals surface area contributed by atoms with Crippen LogP contribution in [0.25, 0.3) is 5.69 Å². The van der Waals surface area contributed by atoms with E-state index in [4.69, 9.17) is 0 Å². The topological polar surface area (TPSA) is 47.8 Å². The number of carbonyl (C=O) groups excluding carboxylic acids is 1. The van der Waals surface area contributed by atoms with Crippen molar-refractivity contribution in [1.82, 2.24) is 14.8 Å². The minimum absolute atomic E-state index is 0.568. The van der Waals surface area contributed by atoms with Gasteiger partial charge in [0.25, 0.3) is 0 Å². The van der Waals surface area contributed by atoms with Gasteiger partial charge in [0.05, 0.1) is 18.1 Å². The molecule has 14 heavy (non-hydrogen) atoms. The first kappa shape index (κ1) is 8.62. The van der Waals surface area contributed by atoms with Crippen molar-refractivity contribution in [1.29, 1.82) is 0 Å². The highest BCUT2D eigenvalue weighted by Gasteiger charge is 2.07. The predicted octanol–water partition coefficient (Wildman–Crippen LogP) is 1.39. The highest BCUT2D eigenvalue weighted by Crippen LogP contribution is 2.10. The molecule has 0 bridgehead atoms. The normalized spacial score (nSPS) is 10.1. The lowest BCUT2D eigenvalue weighted by Crippen LogP contribution is -2.01. The van der Waals surface area contributed by atoms with Crippen LogP contribution >= 0.6 is 0 Å². The molecule has 0 unspecified atom stereocenters. The summed E-state index contributed by atoms with van der Waals surface area (Å²) in [6, 6.07) is 3.66. The third kappa shape index (κ3) is 1.31. The zero-order chi connectivity index (χ0) is 9.97. The standard InChI is InChI=1S/C10H9N3O/c1-8-5-12-13(10(8)7-14)9-3-2-4-11-6-9/h2-7H,1H3. The highest BCUT2D eigenvalue weighted by atomic mass is 16.1. The summed E-state index contributed by atoms with van der Waals surface area (Å²) in [4.78, 5) is 14.8. The van der Waals surface area contributed by atoms with Gasteiger partial charge in [0.1, 0.15) is 5.69 Å². The van der Waals surface area contributed by atoms with Crippen LogP contribution in [0.3, 0.4) is 0 Å². The van der Waals surface area contributed by atoms with Crippen molar-refractivity contribution >= 4 is 6.29 Å². The van der Waals surface area contributed by atoms with Gasteiger partial charge in [0.2, 0.25) is 0 Å². The largest absolute Gasteiger partial charge is 0.296 e. The summed E-state index contributed by atoms with van der Waals surface area (Å²) >= 11 is 0. The number of nitrogens with zero attached hydrogens (tertiary/aromatic N) is 3. The molecule has 4 heteroatoms. The fourth-order valence-corrected chi connectivity index (χ4v) is 1.27. The Hall–Kier alpha value is -1.97. The first-order valence-electron chi connectivity index (χ1n) is 4.23. The van der Waals surface area contributed by atoms with E-state index in [1.54, 1.807) is 29.3 Å². The smallest absolute Gasteiger partial charge is 0.168 e. The van der Waals surface area contributed by atoms with Gasteiger partial charge in [-0.15, -0.1) is 0 Å². The molecule has 0 aliphatic rings. The summed E-state index contributed by atoms with van der Waals surface area (Å²) < 4.78 is 1.58. The maximum absolute atomic E-state index is 10.8. The van der Waals surface area contributed by atoms with Crippen molar-refractivity contribution in [3.63, 3.8) is 0 Å². The zero-order valence-corrected chi connectivity index (χ0v) is 7.71. The molecule has 0 fully saturated rings. The summed E-state index contributed by atoms with van der Waals surface area (Å²) in [6.07, 6.45) is 5.81. The van der Waals surface area contributed by atoms with E-state index in [1.807, 2.05) is 13.0 Å². The lowest BCUT2D eigenvalue weighted by molar-refractivity contribution is 0.111. The minimum atomic E-state index is 0.568. The molecule has 0 atom stereocenters. The molecule has 0 aliphatic carbocycles. The van der Waals surface area contributed by atoms with Gasteiger partial charge in [-0.3, -0.25) is 9.78 Å². The number of hydrogen-bond acceptors (Lipinski definition) is 3. The van der Waals surface area contributed by atoms with E-state index in [-0.39, 0.29) is 0 Å². The summed E-state index contributed by atoms with van der Waals surface area (Å²) in [6.45, 7) is 1.85. The highest BCUT2D eigenvalue weighted by molar-refractivity contribution is 5.75. The Morgan fingerprint density at radius 2 is 2.29 bits per heavy atom. The van der Waals surface area contributed by atoms with Gasteiger partial charge in [-0.05, 0) is 24.6 Å². The molecule has 2 rings (SSSR count). The minimum Gasteiger partial charge on any atom is -0.296 e. The number of carbonyl (C=O) groups is 1. The second-order valence-corrected chi connectivity index (χ2v) is 2.95. The van der Waals surface area contributed by atoms with E-state index >= 15 is 0 Å². The molecule has 0 amide bonds. The fraction of sp³-hybridized carbons (Fsp3) is 0.100. The second kappa shape index (κ2) is 3.41. The Balaban J connectivity index is 2.57. The Kier molecular flexibility index (Phi) is 2.10. The SMILES string of the molecule is Cc1cnn(-c2cccnc2)c1C=O. The van der Waals surface area contributed by atoms with Gasteiger partial charge in [0.15, 0.2) is 6.29 Å². The average molecular weight is 187 g/mol. The van der Waals surface area contributed by atoms with Crippen molar-refractivity contribution in [3.05, 3.63) is 42.0 Å². The van der Waals surface area contributed by atoms with Crippen LogP contribution in [0.5, 0.6) is 0 Å². The maximum atomic E-state index is 10.8. The maximum Gasteiger partial charge on any atom is 0.168 e.